The van der Waals surface area contributed by atoms with Crippen LogP contribution in [-0.2, 0) is 11.2 Å². The Bertz CT molecular complexity index is 445. The highest BCUT2D eigenvalue weighted by Crippen LogP contribution is 2.13. The van der Waals surface area contributed by atoms with Crippen molar-refractivity contribution >= 4 is 5.91 Å². The van der Waals surface area contributed by atoms with E-state index < -0.39 is 11.6 Å². The Labute approximate surface area is 111 Å². The van der Waals surface area contributed by atoms with E-state index in [-0.39, 0.29) is 30.0 Å². The van der Waals surface area contributed by atoms with Crippen LogP contribution >= 0.6 is 0 Å². The number of nitrogens with one attached hydrogen (secondary N) is 2. The van der Waals surface area contributed by atoms with Crippen molar-refractivity contribution in [3.63, 3.8) is 0 Å². The Balaban J connectivity index is 1.97. The lowest BCUT2D eigenvalue weighted by molar-refractivity contribution is -0.121. The summed E-state index contributed by atoms with van der Waals surface area (Å²) < 4.78 is 26.9. The first-order valence-corrected chi connectivity index (χ1v) is 6.53. The molecule has 2 rings (SSSR count). The third-order valence-corrected chi connectivity index (χ3v) is 3.51. The lowest BCUT2D eigenvalue weighted by atomic mass is 9.99. The molecular formula is C14H18F2N2O. The lowest BCUT2D eigenvalue weighted by Crippen LogP contribution is -2.52. The summed E-state index contributed by atoms with van der Waals surface area (Å²) in [7, 11) is 0. The molecule has 0 radical (unpaired) electrons. The fourth-order valence-electron chi connectivity index (χ4n) is 2.36. The van der Waals surface area contributed by atoms with Crippen molar-refractivity contribution in [3.05, 3.63) is 35.4 Å². The number of hydrogen-bond donors (Lipinski definition) is 2. The number of halogens is 2. The summed E-state index contributed by atoms with van der Waals surface area (Å²) >= 11 is 0. The van der Waals surface area contributed by atoms with Gasteiger partial charge in [-0.1, -0.05) is 6.07 Å². The maximum absolute atomic E-state index is 13.4. The van der Waals surface area contributed by atoms with Gasteiger partial charge in [-0.05, 0) is 38.4 Å². The maximum Gasteiger partial charge on any atom is 0.224 e. The van der Waals surface area contributed by atoms with E-state index in [4.69, 9.17) is 0 Å². The molecule has 1 heterocycles. The number of carbonyl (C=O) groups is 1. The van der Waals surface area contributed by atoms with E-state index >= 15 is 0 Å². The van der Waals surface area contributed by atoms with Gasteiger partial charge in [0.25, 0.3) is 0 Å². The van der Waals surface area contributed by atoms with E-state index in [1.807, 2.05) is 6.92 Å². The van der Waals surface area contributed by atoms with E-state index in [0.29, 0.717) is 0 Å². The molecule has 5 heteroatoms. The van der Waals surface area contributed by atoms with Crippen LogP contribution in [0.5, 0.6) is 0 Å². The fraction of sp³-hybridized carbons (Fsp3) is 0.500. The molecule has 19 heavy (non-hydrogen) atoms. The Kier molecular flexibility index (Phi) is 4.47. The van der Waals surface area contributed by atoms with Crippen LogP contribution in [0.4, 0.5) is 8.78 Å². The number of piperidine rings is 1. The minimum atomic E-state index is -0.676. The predicted octanol–water partition coefficient (Wildman–Crippen LogP) is 1.76. The van der Waals surface area contributed by atoms with Gasteiger partial charge < -0.3 is 10.6 Å². The molecule has 2 atom stereocenters. The highest BCUT2D eigenvalue weighted by atomic mass is 19.1. The van der Waals surface area contributed by atoms with Crippen LogP contribution in [0.1, 0.15) is 25.3 Å². The minimum absolute atomic E-state index is 0.0242. The molecule has 1 amide bonds. The Morgan fingerprint density at radius 1 is 1.42 bits per heavy atom. The molecule has 2 N–H and O–H groups in total. The molecule has 1 aromatic carbocycles. The first kappa shape index (κ1) is 13.9. The van der Waals surface area contributed by atoms with Crippen LogP contribution in [0.25, 0.3) is 0 Å². The highest BCUT2D eigenvalue weighted by Gasteiger charge is 2.23. The first-order valence-electron chi connectivity index (χ1n) is 6.53. The van der Waals surface area contributed by atoms with Gasteiger partial charge in [0.05, 0.1) is 6.42 Å². The molecule has 1 aromatic rings. The van der Waals surface area contributed by atoms with Crippen LogP contribution in [0.15, 0.2) is 18.2 Å². The van der Waals surface area contributed by atoms with E-state index in [1.54, 1.807) is 0 Å². The number of benzene rings is 1. The largest absolute Gasteiger partial charge is 0.352 e. The molecule has 1 saturated heterocycles. The van der Waals surface area contributed by atoms with Crippen molar-refractivity contribution < 1.29 is 13.6 Å². The van der Waals surface area contributed by atoms with Gasteiger partial charge in [0.15, 0.2) is 0 Å². The third kappa shape index (κ3) is 3.50. The first-order chi connectivity index (χ1) is 9.08. The summed E-state index contributed by atoms with van der Waals surface area (Å²) in [6, 6.07) is 3.82. The van der Waals surface area contributed by atoms with Gasteiger partial charge in [0, 0.05) is 17.6 Å². The number of hydrogen-bond acceptors (Lipinski definition) is 2. The molecule has 0 saturated carbocycles. The zero-order valence-corrected chi connectivity index (χ0v) is 10.9. The maximum atomic E-state index is 13.4. The molecule has 0 bridgehead atoms. The van der Waals surface area contributed by atoms with Gasteiger partial charge in [-0.25, -0.2) is 8.78 Å². The molecule has 1 fully saturated rings. The van der Waals surface area contributed by atoms with Crippen molar-refractivity contribution in [3.8, 4) is 0 Å². The van der Waals surface area contributed by atoms with Crippen molar-refractivity contribution in [1.29, 1.82) is 0 Å². The molecule has 104 valence electrons. The monoisotopic (exact) mass is 268 g/mol. The normalized spacial score (nSPS) is 23.1. The number of amides is 1. The Morgan fingerprint density at radius 2 is 2.11 bits per heavy atom. The second-order valence-corrected chi connectivity index (χ2v) is 4.94. The molecule has 0 unspecified atom stereocenters. The molecule has 0 aromatic heterocycles. The summed E-state index contributed by atoms with van der Waals surface area (Å²) in [5.41, 5.74) is -0.170. The van der Waals surface area contributed by atoms with Crippen molar-refractivity contribution in [1.82, 2.24) is 10.6 Å². The van der Waals surface area contributed by atoms with Crippen LogP contribution < -0.4 is 10.6 Å². The lowest BCUT2D eigenvalue weighted by Gasteiger charge is -2.30. The second-order valence-electron chi connectivity index (χ2n) is 4.94. The van der Waals surface area contributed by atoms with Gasteiger partial charge >= 0.3 is 0 Å². The van der Waals surface area contributed by atoms with Crippen molar-refractivity contribution in [2.24, 2.45) is 0 Å². The Hall–Kier alpha value is -1.49. The van der Waals surface area contributed by atoms with Crippen LogP contribution in [0, 0.1) is 11.6 Å². The average Bonchev–Trinajstić information content (AvgIpc) is 2.37. The van der Waals surface area contributed by atoms with Crippen molar-refractivity contribution in [2.75, 3.05) is 6.54 Å². The zero-order chi connectivity index (χ0) is 13.8. The van der Waals surface area contributed by atoms with Gasteiger partial charge in [0.2, 0.25) is 5.91 Å². The third-order valence-electron chi connectivity index (χ3n) is 3.51. The van der Waals surface area contributed by atoms with E-state index in [1.165, 1.54) is 6.07 Å². The summed E-state index contributed by atoms with van der Waals surface area (Å²) in [6.07, 6.45) is 1.62. The molecule has 1 aliphatic heterocycles. The second kappa shape index (κ2) is 6.10. The smallest absolute Gasteiger partial charge is 0.224 e. The standard InChI is InChI=1S/C14H18F2N2O/c1-9-13(6-3-7-17-9)18-14(19)8-10-11(15)4-2-5-12(10)16/h2,4-5,9,13,17H,3,6-8H2,1H3,(H,18,19)/t9-,13-/m0/s1. The summed E-state index contributed by atoms with van der Waals surface area (Å²) in [5, 5.41) is 6.10. The van der Waals surface area contributed by atoms with Gasteiger partial charge in [-0.2, -0.15) is 0 Å². The number of rotatable bonds is 3. The van der Waals surface area contributed by atoms with Crippen LogP contribution in [-0.4, -0.2) is 24.5 Å². The molecule has 3 nitrogen and oxygen atoms in total. The molecular weight excluding hydrogens is 250 g/mol. The zero-order valence-electron chi connectivity index (χ0n) is 10.9. The molecule has 1 aliphatic rings. The average molecular weight is 268 g/mol. The van der Waals surface area contributed by atoms with E-state index in [2.05, 4.69) is 10.6 Å². The van der Waals surface area contributed by atoms with Crippen LogP contribution in [0.3, 0.4) is 0 Å². The van der Waals surface area contributed by atoms with Gasteiger partial charge in [0.1, 0.15) is 11.6 Å². The quantitative estimate of drug-likeness (QED) is 0.877. The number of carbonyl (C=O) groups excluding carboxylic acids is 1. The minimum Gasteiger partial charge on any atom is -0.352 e. The van der Waals surface area contributed by atoms with Gasteiger partial charge in [-0.15, -0.1) is 0 Å². The summed E-state index contributed by atoms with van der Waals surface area (Å²) in [4.78, 5) is 11.9. The summed E-state index contributed by atoms with van der Waals surface area (Å²) in [5.74, 6) is -1.69. The SMILES string of the molecule is C[C@@H]1NCCC[C@@H]1NC(=O)Cc1c(F)cccc1F. The van der Waals surface area contributed by atoms with Crippen LogP contribution in [0.2, 0.25) is 0 Å². The highest BCUT2D eigenvalue weighted by molar-refractivity contribution is 5.79. The van der Waals surface area contributed by atoms with E-state index in [9.17, 15) is 13.6 Å². The Morgan fingerprint density at radius 3 is 2.74 bits per heavy atom. The topological polar surface area (TPSA) is 41.1 Å². The fourth-order valence-corrected chi connectivity index (χ4v) is 2.36. The summed E-state index contributed by atoms with van der Waals surface area (Å²) in [6.45, 7) is 2.93. The van der Waals surface area contributed by atoms with Crippen molar-refractivity contribution in [2.45, 2.75) is 38.3 Å². The van der Waals surface area contributed by atoms with E-state index in [0.717, 1.165) is 31.5 Å². The molecule has 0 aliphatic carbocycles. The predicted molar refractivity (Wildman–Crippen MR) is 68.7 cm³/mol. The van der Waals surface area contributed by atoms with Gasteiger partial charge in [-0.3, -0.25) is 4.79 Å². The molecule has 0 spiro atoms.